The van der Waals surface area contributed by atoms with Gasteiger partial charge >= 0.3 is 0 Å². The maximum Gasteiger partial charge on any atom is 0.248 e. The highest BCUT2D eigenvalue weighted by Crippen LogP contribution is 2.28. The molecule has 0 aliphatic rings. The first-order valence-corrected chi connectivity index (χ1v) is 9.02. The van der Waals surface area contributed by atoms with Gasteiger partial charge in [-0.2, -0.15) is 0 Å². The maximum atomic E-state index is 12.3. The molecule has 5 nitrogen and oxygen atoms in total. The number of methoxy groups -OCH3 is 1. The van der Waals surface area contributed by atoms with Crippen LogP contribution in [0.4, 0.5) is 11.4 Å². The highest BCUT2D eigenvalue weighted by Gasteiger charge is 2.06. The van der Waals surface area contributed by atoms with Gasteiger partial charge in [-0.15, -0.1) is 0 Å². The zero-order valence-corrected chi connectivity index (χ0v) is 16.7. The molecule has 2 aromatic carbocycles. The molecule has 0 aliphatic heterocycles. The second-order valence-corrected chi connectivity index (χ2v) is 6.47. The Bertz CT molecular complexity index is 813. The third kappa shape index (κ3) is 5.78. The minimum absolute atomic E-state index is 0.180. The predicted octanol–water partition coefficient (Wildman–Crippen LogP) is 4.51. The van der Waals surface area contributed by atoms with E-state index in [4.69, 9.17) is 9.47 Å². The van der Waals surface area contributed by atoms with Gasteiger partial charge in [0.05, 0.1) is 13.7 Å². The minimum Gasteiger partial charge on any atom is -0.493 e. The Labute approximate surface area is 161 Å². The molecule has 0 bridgehead atoms. The van der Waals surface area contributed by atoms with E-state index >= 15 is 0 Å². The third-order valence-corrected chi connectivity index (χ3v) is 4.06. The SMILES string of the molecule is CCCOc1ccc(C=CC(=O)Nc2ccc(N(C)C)cc2C)cc1OC. The summed E-state index contributed by atoms with van der Waals surface area (Å²) in [7, 11) is 5.58. The first kappa shape index (κ1) is 20.4. The Morgan fingerprint density at radius 3 is 2.56 bits per heavy atom. The van der Waals surface area contributed by atoms with Gasteiger partial charge in [0.25, 0.3) is 0 Å². The first-order valence-electron chi connectivity index (χ1n) is 9.02. The van der Waals surface area contributed by atoms with Crippen molar-refractivity contribution >= 4 is 23.4 Å². The number of rotatable bonds is 8. The predicted molar refractivity (Wildman–Crippen MR) is 112 cm³/mol. The zero-order chi connectivity index (χ0) is 19.8. The summed E-state index contributed by atoms with van der Waals surface area (Å²) in [6, 6.07) is 11.5. The normalized spacial score (nSPS) is 10.7. The largest absolute Gasteiger partial charge is 0.493 e. The molecule has 0 radical (unpaired) electrons. The van der Waals surface area contributed by atoms with E-state index in [1.807, 2.05) is 62.3 Å². The van der Waals surface area contributed by atoms with Crippen LogP contribution in [-0.4, -0.2) is 33.7 Å². The molecule has 0 fully saturated rings. The summed E-state index contributed by atoms with van der Waals surface area (Å²) in [6.07, 6.45) is 4.20. The molecular weight excluding hydrogens is 340 g/mol. The zero-order valence-electron chi connectivity index (χ0n) is 16.7. The molecule has 0 heterocycles. The van der Waals surface area contributed by atoms with Crippen molar-refractivity contribution in [3.8, 4) is 11.5 Å². The average molecular weight is 368 g/mol. The molecule has 1 N–H and O–H groups in total. The number of carbonyl (C=O) groups excluding carboxylic acids is 1. The Morgan fingerprint density at radius 1 is 1.15 bits per heavy atom. The lowest BCUT2D eigenvalue weighted by atomic mass is 10.1. The highest BCUT2D eigenvalue weighted by molar-refractivity contribution is 6.02. The van der Waals surface area contributed by atoms with E-state index in [2.05, 4.69) is 12.2 Å². The highest BCUT2D eigenvalue weighted by atomic mass is 16.5. The molecule has 1 amide bonds. The van der Waals surface area contributed by atoms with Crippen LogP contribution in [0.5, 0.6) is 11.5 Å². The van der Waals surface area contributed by atoms with E-state index in [1.54, 1.807) is 13.2 Å². The van der Waals surface area contributed by atoms with Crippen molar-refractivity contribution in [1.29, 1.82) is 0 Å². The fourth-order valence-corrected chi connectivity index (χ4v) is 2.53. The van der Waals surface area contributed by atoms with Gasteiger partial charge in [-0.05, 0) is 60.9 Å². The molecule has 0 aromatic heterocycles. The van der Waals surface area contributed by atoms with Crippen molar-refractivity contribution in [2.24, 2.45) is 0 Å². The van der Waals surface area contributed by atoms with Gasteiger partial charge in [0.2, 0.25) is 5.91 Å². The molecule has 2 aromatic rings. The molecule has 0 atom stereocenters. The van der Waals surface area contributed by atoms with Crippen molar-refractivity contribution in [3.05, 3.63) is 53.6 Å². The van der Waals surface area contributed by atoms with Crippen molar-refractivity contribution in [2.75, 3.05) is 38.0 Å². The maximum absolute atomic E-state index is 12.3. The summed E-state index contributed by atoms with van der Waals surface area (Å²) >= 11 is 0. The molecule has 0 saturated heterocycles. The summed E-state index contributed by atoms with van der Waals surface area (Å²) in [6.45, 7) is 4.67. The Hall–Kier alpha value is -2.95. The number of carbonyl (C=O) groups is 1. The number of hydrogen-bond donors (Lipinski definition) is 1. The van der Waals surface area contributed by atoms with Crippen LogP contribution in [-0.2, 0) is 4.79 Å². The van der Waals surface area contributed by atoms with Gasteiger partial charge in [-0.1, -0.05) is 13.0 Å². The van der Waals surface area contributed by atoms with Gasteiger partial charge in [-0.3, -0.25) is 4.79 Å². The molecule has 144 valence electrons. The Balaban J connectivity index is 2.06. The fraction of sp³-hybridized carbons (Fsp3) is 0.318. The lowest BCUT2D eigenvalue weighted by Crippen LogP contribution is -2.11. The number of anilines is 2. The van der Waals surface area contributed by atoms with Gasteiger partial charge in [0.15, 0.2) is 11.5 Å². The standard InChI is InChI=1S/C22H28N2O3/c1-6-13-27-20-11-7-17(15-21(20)26-5)8-12-22(25)23-19-10-9-18(24(3)4)14-16(19)2/h7-12,14-15H,6,13H2,1-5H3,(H,23,25). The van der Waals surface area contributed by atoms with E-state index in [1.165, 1.54) is 6.08 Å². The molecule has 0 saturated carbocycles. The lowest BCUT2D eigenvalue weighted by molar-refractivity contribution is -0.111. The second kappa shape index (κ2) is 9.67. The number of nitrogens with one attached hydrogen (secondary N) is 1. The van der Waals surface area contributed by atoms with Gasteiger partial charge in [-0.25, -0.2) is 0 Å². The van der Waals surface area contributed by atoms with Crippen LogP contribution in [0.3, 0.4) is 0 Å². The Kier molecular flexibility index (Phi) is 7.29. The number of amides is 1. The molecule has 0 spiro atoms. The van der Waals surface area contributed by atoms with Crippen molar-refractivity contribution in [2.45, 2.75) is 20.3 Å². The monoisotopic (exact) mass is 368 g/mol. The van der Waals surface area contributed by atoms with Gasteiger partial charge in [0.1, 0.15) is 0 Å². The van der Waals surface area contributed by atoms with Crippen molar-refractivity contribution in [3.63, 3.8) is 0 Å². The summed E-state index contributed by atoms with van der Waals surface area (Å²) in [5, 5.41) is 2.91. The third-order valence-electron chi connectivity index (χ3n) is 4.06. The van der Waals surface area contributed by atoms with Crippen LogP contribution in [0, 0.1) is 6.92 Å². The topological polar surface area (TPSA) is 50.8 Å². The molecule has 27 heavy (non-hydrogen) atoms. The van der Waals surface area contributed by atoms with Crippen molar-refractivity contribution in [1.82, 2.24) is 0 Å². The minimum atomic E-state index is -0.180. The fourth-order valence-electron chi connectivity index (χ4n) is 2.53. The van der Waals surface area contributed by atoms with Gasteiger partial charge in [0, 0.05) is 31.5 Å². The number of ether oxygens (including phenoxy) is 2. The van der Waals surface area contributed by atoms with Crippen LogP contribution in [0.15, 0.2) is 42.5 Å². The number of benzene rings is 2. The Morgan fingerprint density at radius 2 is 1.93 bits per heavy atom. The summed E-state index contributed by atoms with van der Waals surface area (Å²) in [5.74, 6) is 1.18. The molecule has 5 heteroatoms. The van der Waals surface area contributed by atoms with Crippen LogP contribution in [0.25, 0.3) is 6.08 Å². The van der Waals surface area contributed by atoms with Crippen LogP contribution in [0.2, 0.25) is 0 Å². The summed E-state index contributed by atoms with van der Waals surface area (Å²) in [4.78, 5) is 14.3. The van der Waals surface area contributed by atoms with E-state index < -0.39 is 0 Å². The van der Waals surface area contributed by atoms with E-state index in [9.17, 15) is 4.79 Å². The molecule has 0 aliphatic carbocycles. The van der Waals surface area contributed by atoms with Crippen LogP contribution < -0.4 is 19.7 Å². The number of aryl methyl sites for hydroxylation is 1. The molecule has 0 unspecified atom stereocenters. The first-order chi connectivity index (χ1) is 12.9. The van der Waals surface area contributed by atoms with Gasteiger partial charge < -0.3 is 19.7 Å². The van der Waals surface area contributed by atoms with Crippen LogP contribution >= 0.6 is 0 Å². The molecular formula is C22H28N2O3. The quantitative estimate of drug-likeness (QED) is 0.697. The average Bonchev–Trinajstić information content (AvgIpc) is 2.66. The second-order valence-electron chi connectivity index (χ2n) is 6.47. The number of hydrogen-bond acceptors (Lipinski definition) is 4. The van der Waals surface area contributed by atoms with E-state index in [0.29, 0.717) is 18.1 Å². The van der Waals surface area contributed by atoms with Crippen molar-refractivity contribution < 1.29 is 14.3 Å². The van der Waals surface area contributed by atoms with E-state index in [0.717, 1.165) is 28.9 Å². The number of nitrogens with zero attached hydrogens (tertiary/aromatic N) is 1. The smallest absolute Gasteiger partial charge is 0.248 e. The lowest BCUT2D eigenvalue weighted by Gasteiger charge is -2.15. The molecule has 2 rings (SSSR count). The van der Waals surface area contributed by atoms with E-state index in [-0.39, 0.29) is 5.91 Å². The summed E-state index contributed by atoms with van der Waals surface area (Å²) in [5.41, 5.74) is 3.78. The van der Waals surface area contributed by atoms with Crippen LogP contribution in [0.1, 0.15) is 24.5 Å². The summed E-state index contributed by atoms with van der Waals surface area (Å²) < 4.78 is 11.0.